The molecule has 1 aromatic heterocycles. The number of H-pyrrole nitrogens is 1. The number of aromatic amines is 1. The predicted octanol–water partition coefficient (Wildman–Crippen LogP) is 5.15. The summed E-state index contributed by atoms with van der Waals surface area (Å²) in [5.74, 6) is 0. The van der Waals surface area contributed by atoms with Crippen molar-refractivity contribution in [3.05, 3.63) is 106 Å². The Balaban J connectivity index is 1.20. The van der Waals surface area contributed by atoms with Crippen molar-refractivity contribution in [3.8, 4) is 0 Å². The van der Waals surface area contributed by atoms with Gasteiger partial charge in [0.15, 0.2) is 0 Å². The molecule has 1 fully saturated rings. The van der Waals surface area contributed by atoms with Crippen LogP contribution in [0.2, 0.25) is 0 Å². The van der Waals surface area contributed by atoms with Crippen molar-refractivity contribution in [2.45, 2.75) is 25.2 Å². The van der Waals surface area contributed by atoms with Crippen molar-refractivity contribution in [3.63, 3.8) is 0 Å². The van der Waals surface area contributed by atoms with Gasteiger partial charge < -0.3 is 9.88 Å². The minimum absolute atomic E-state index is 0.209. The third kappa shape index (κ3) is 5.24. The summed E-state index contributed by atoms with van der Waals surface area (Å²) in [4.78, 5) is 19.9. The highest BCUT2D eigenvalue weighted by molar-refractivity contribution is 5.76. The van der Waals surface area contributed by atoms with Gasteiger partial charge in [-0.3, -0.25) is 9.47 Å². The van der Waals surface area contributed by atoms with Crippen molar-refractivity contribution in [2.75, 3.05) is 32.7 Å². The number of aryl methyl sites for hydroxylation is 1. The number of nitrogens with zero attached hydrogens (tertiary/aromatic N) is 3. The summed E-state index contributed by atoms with van der Waals surface area (Å²) in [7, 11) is 0. The summed E-state index contributed by atoms with van der Waals surface area (Å²) in [5, 5.41) is 0. The van der Waals surface area contributed by atoms with E-state index in [4.69, 9.17) is 0 Å². The molecule has 0 spiro atoms. The van der Waals surface area contributed by atoms with E-state index in [2.05, 4.69) is 63.3 Å². The summed E-state index contributed by atoms with van der Waals surface area (Å²) >= 11 is 0. The zero-order valence-corrected chi connectivity index (χ0v) is 19.9. The molecule has 0 aliphatic carbocycles. The summed E-state index contributed by atoms with van der Waals surface area (Å²) in [6, 6.07) is 24.7. The van der Waals surface area contributed by atoms with Crippen LogP contribution in [-0.4, -0.2) is 52.1 Å². The first-order valence-corrected chi connectivity index (χ1v) is 12.3. The van der Waals surface area contributed by atoms with Crippen LogP contribution in [0.4, 0.5) is 13.2 Å². The Hall–Kier alpha value is -3.36. The molecule has 0 bridgehead atoms. The van der Waals surface area contributed by atoms with Gasteiger partial charge in [-0.2, -0.15) is 13.2 Å². The van der Waals surface area contributed by atoms with Gasteiger partial charge in [-0.15, -0.1) is 0 Å². The Bertz CT molecular complexity index is 1300. The van der Waals surface area contributed by atoms with Gasteiger partial charge in [0.2, 0.25) is 0 Å². The number of piperazine rings is 1. The molecule has 1 saturated heterocycles. The molecule has 1 aliphatic heterocycles. The lowest BCUT2D eigenvalue weighted by Gasteiger charge is -2.39. The van der Waals surface area contributed by atoms with Crippen molar-refractivity contribution >= 4 is 11.0 Å². The first-order chi connectivity index (χ1) is 17.4. The van der Waals surface area contributed by atoms with E-state index in [1.165, 1.54) is 21.8 Å². The van der Waals surface area contributed by atoms with Gasteiger partial charge in [-0.25, -0.2) is 4.79 Å². The quantitative estimate of drug-likeness (QED) is 0.387. The Labute approximate surface area is 207 Å². The molecule has 188 valence electrons. The third-order valence-corrected chi connectivity index (χ3v) is 6.96. The fourth-order valence-corrected chi connectivity index (χ4v) is 5.14. The van der Waals surface area contributed by atoms with Crippen LogP contribution < -0.4 is 5.69 Å². The molecule has 0 atom stereocenters. The lowest BCUT2D eigenvalue weighted by Crippen LogP contribution is -2.48. The van der Waals surface area contributed by atoms with Gasteiger partial charge in [-0.05, 0) is 42.3 Å². The van der Waals surface area contributed by atoms with Gasteiger partial charge in [0.05, 0.1) is 22.6 Å². The molecule has 0 amide bonds. The number of benzene rings is 3. The van der Waals surface area contributed by atoms with E-state index in [-0.39, 0.29) is 17.2 Å². The van der Waals surface area contributed by atoms with Crippen molar-refractivity contribution in [2.24, 2.45) is 0 Å². The van der Waals surface area contributed by atoms with E-state index in [0.29, 0.717) is 12.1 Å². The number of hydrogen-bond acceptors (Lipinski definition) is 3. The molecule has 3 aromatic carbocycles. The fraction of sp³-hybridized carbons (Fsp3) is 0.321. The van der Waals surface area contributed by atoms with Crippen molar-refractivity contribution < 1.29 is 13.2 Å². The highest BCUT2D eigenvalue weighted by atomic mass is 19.4. The standard InChI is InChI=1S/C28H29F3N4O/c29-28(30,31)23-12-13-25-24(20-23)32-27(36)35(25)15-7-14-33-16-18-34(19-17-33)26(21-8-3-1-4-9-21)22-10-5-2-6-11-22/h1-6,8-13,20,26H,7,14-19H2,(H,32,36). The van der Waals surface area contributed by atoms with E-state index < -0.39 is 11.7 Å². The summed E-state index contributed by atoms with van der Waals surface area (Å²) < 4.78 is 40.5. The number of alkyl halides is 3. The number of aromatic nitrogens is 2. The van der Waals surface area contributed by atoms with E-state index in [1.54, 1.807) is 0 Å². The second-order valence-electron chi connectivity index (χ2n) is 9.27. The van der Waals surface area contributed by atoms with Gasteiger partial charge >= 0.3 is 11.9 Å². The van der Waals surface area contributed by atoms with Crippen LogP contribution in [-0.2, 0) is 12.7 Å². The first-order valence-electron chi connectivity index (χ1n) is 12.3. The van der Waals surface area contributed by atoms with E-state index >= 15 is 0 Å². The molecule has 1 N–H and O–H groups in total. The Kier molecular flexibility index (Phi) is 6.98. The Morgan fingerprint density at radius 3 is 2.00 bits per heavy atom. The molecular formula is C28H29F3N4O. The molecule has 0 radical (unpaired) electrons. The number of hydrogen-bond donors (Lipinski definition) is 1. The van der Waals surface area contributed by atoms with Crippen LogP contribution in [0.3, 0.4) is 0 Å². The van der Waals surface area contributed by atoms with Gasteiger partial charge in [-0.1, -0.05) is 60.7 Å². The van der Waals surface area contributed by atoms with Crippen LogP contribution in [0.1, 0.15) is 29.2 Å². The fourth-order valence-electron chi connectivity index (χ4n) is 5.14. The number of nitrogens with one attached hydrogen (secondary N) is 1. The van der Waals surface area contributed by atoms with Crippen LogP contribution in [0, 0.1) is 0 Å². The summed E-state index contributed by atoms with van der Waals surface area (Å²) in [6.45, 7) is 5.00. The number of rotatable bonds is 7. The monoisotopic (exact) mass is 494 g/mol. The molecule has 5 rings (SSSR count). The highest BCUT2D eigenvalue weighted by Crippen LogP contribution is 2.31. The second kappa shape index (κ2) is 10.3. The van der Waals surface area contributed by atoms with E-state index in [0.717, 1.165) is 51.3 Å². The number of halogens is 3. The molecule has 36 heavy (non-hydrogen) atoms. The van der Waals surface area contributed by atoms with E-state index in [1.807, 2.05) is 12.1 Å². The maximum Gasteiger partial charge on any atom is 0.416 e. The SMILES string of the molecule is O=c1[nH]c2cc(C(F)(F)F)ccc2n1CCCN1CCN(C(c2ccccc2)c2ccccc2)CC1. The molecule has 8 heteroatoms. The Morgan fingerprint density at radius 2 is 1.42 bits per heavy atom. The van der Waals surface area contributed by atoms with E-state index in [9.17, 15) is 18.0 Å². The largest absolute Gasteiger partial charge is 0.416 e. The molecule has 4 aromatic rings. The molecular weight excluding hydrogens is 465 g/mol. The topological polar surface area (TPSA) is 44.3 Å². The molecule has 5 nitrogen and oxygen atoms in total. The van der Waals surface area contributed by atoms with Gasteiger partial charge in [0, 0.05) is 32.7 Å². The predicted molar refractivity (Wildman–Crippen MR) is 135 cm³/mol. The van der Waals surface area contributed by atoms with Crippen LogP contribution >= 0.6 is 0 Å². The first kappa shape index (κ1) is 24.3. The van der Waals surface area contributed by atoms with Crippen LogP contribution in [0.25, 0.3) is 11.0 Å². The summed E-state index contributed by atoms with van der Waals surface area (Å²) in [5.41, 5.74) is 2.16. The smallest absolute Gasteiger partial charge is 0.306 e. The maximum atomic E-state index is 13.0. The minimum atomic E-state index is -4.44. The molecule has 1 aliphatic rings. The van der Waals surface area contributed by atoms with Crippen molar-refractivity contribution in [1.82, 2.24) is 19.4 Å². The second-order valence-corrected chi connectivity index (χ2v) is 9.27. The maximum absolute atomic E-state index is 13.0. The molecule has 0 unspecified atom stereocenters. The van der Waals surface area contributed by atoms with Crippen LogP contribution in [0.5, 0.6) is 0 Å². The zero-order valence-electron chi connectivity index (χ0n) is 19.9. The highest BCUT2D eigenvalue weighted by Gasteiger charge is 2.31. The van der Waals surface area contributed by atoms with Gasteiger partial charge in [0.1, 0.15) is 0 Å². The lowest BCUT2D eigenvalue weighted by atomic mass is 9.96. The van der Waals surface area contributed by atoms with Crippen LogP contribution in [0.15, 0.2) is 83.7 Å². The third-order valence-electron chi connectivity index (χ3n) is 6.96. The summed E-state index contributed by atoms with van der Waals surface area (Å²) in [6.07, 6.45) is -3.69. The average molecular weight is 495 g/mol. The van der Waals surface area contributed by atoms with Gasteiger partial charge in [0.25, 0.3) is 0 Å². The molecule has 0 saturated carbocycles. The Morgan fingerprint density at radius 1 is 0.806 bits per heavy atom. The molecule has 2 heterocycles. The average Bonchev–Trinajstić information content (AvgIpc) is 3.20. The number of fused-ring (bicyclic) bond motifs is 1. The minimum Gasteiger partial charge on any atom is -0.306 e. The van der Waals surface area contributed by atoms with Crippen molar-refractivity contribution in [1.29, 1.82) is 0 Å². The normalized spacial score (nSPS) is 15.7. The lowest BCUT2D eigenvalue weighted by molar-refractivity contribution is -0.137. The zero-order chi connectivity index (χ0) is 25.1. The number of imidazole rings is 1.